The largest absolute Gasteiger partial charge is 0.366 e. The Labute approximate surface area is 120 Å². The summed E-state index contributed by atoms with van der Waals surface area (Å²) in [6, 6.07) is 12.2. The predicted molar refractivity (Wildman–Crippen MR) is 76.6 cm³/mol. The van der Waals surface area contributed by atoms with E-state index < -0.39 is 5.91 Å². The number of carbonyl (C=O) groups is 3. The van der Waals surface area contributed by atoms with E-state index in [9.17, 15) is 14.4 Å². The zero-order valence-corrected chi connectivity index (χ0v) is 11.1. The quantitative estimate of drug-likeness (QED) is 0.812. The van der Waals surface area contributed by atoms with Gasteiger partial charge in [-0.1, -0.05) is 18.2 Å². The van der Waals surface area contributed by atoms with E-state index in [2.05, 4.69) is 5.32 Å². The topological polar surface area (TPSA) is 89.3 Å². The van der Waals surface area contributed by atoms with Gasteiger partial charge in [0.1, 0.15) is 0 Å². The van der Waals surface area contributed by atoms with Gasteiger partial charge in [-0.25, -0.2) is 0 Å². The van der Waals surface area contributed by atoms with Crippen LogP contribution in [0.1, 0.15) is 26.3 Å². The summed E-state index contributed by atoms with van der Waals surface area (Å²) in [4.78, 5) is 34.4. The van der Waals surface area contributed by atoms with Crippen LogP contribution in [0.3, 0.4) is 0 Å². The number of hydrogen-bond acceptors (Lipinski definition) is 3. The SMILES string of the molecule is NC(=O)c1cccc(-c2ccc3c(c2)CC(=O)NC3=O)c1. The van der Waals surface area contributed by atoms with E-state index in [1.807, 2.05) is 6.07 Å². The van der Waals surface area contributed by atoms with Crippen molar-refractivity contribution in [3.63, 3.8) is 0 Å². The Bertz CT molecular complexity index is 781. The van der Waals surface area contributed by atoms with Gasteiger partial charge in [0.05, 0.1) is 6.42 Å². The molecule has 1 heterocycles. The third-order valence-corrected chi connectivity index (χ3v) is 3.43. The number of benzene rings is 2. The van der Waals surface area contributed by atoms with Crippen LogP contribution >= 0.6 is 0 Å². The number of primary amides is 1. The van der Waals surface area contributed by atoms with Gasteiger partial charge in [0.25, 0.3) is 5.91 Å². The fourth-order valence-corrected chi connectivity index (χ4v) is 2.40. The number of nitrogens with one attached hydrogen (secondary N) is 1. The van der Waals surface area contributed by atoms with E-state index in [-0.39, 0.29) is 18.2 Å². The number of hydrogen-bond donors (Lipinski definition) is 2. The highest BCUT2D eigenvalue weighted by atomic mass is 16.2. The molecule has 0 atom stereocenters. The fourth-order valence-electron chi connectivity index (χ4n) is 2.40. The van der Waals surface area contributed by atoms with Crippen molar-refractivity contribution in [2.24, 2.45) is 5.73 Å². The highest BCUT2D eigenvalue weighted by Gasteiger charge is 2.22. The third-order valence-electron chi connectivity index (χ3n) is 3.43. The lowest BCUT2D eigenvalue weighted by Crippen LogP contribution is -2.37. The monoisotopic (exact) mass is 280 g/mol. The molecule has 3 rings (SSSR count). The van der Waals surface area contributed by atoms with Crippen LogP contribution in [-0.4, -0.2) is 17.7 Å². The fraction of sp³-hybridized carbons (Fsp3) is 0.0625. The van der Waals surface area contributed by atoms with E-state index in [0.717, 1.165) is 11.1 Å². The second-order valence-electron chi connectivity index (χ2n) is 4.87. The van der Waals surface area contributed by atoms with Crippen molar-refractivity contribution >= 4 is 17.7 Å². The van der Waals surface area contributed by atoms with Gasteiger partial charge in [0.15, 0.2) is 0 Å². The van der Waals surface area contributed by atoms with Crippen molar-refractivity contribution in [3.05, 3.63) is 59.2 Å². The van der Waals surface area contributed by atoms with Crippen molar-refractivity contribution < 1.29 is 14.4 Å². The number of carbonyl (C=O) groups excluding carboxylic acids is 3. The second kappa shape index (κ2) is 4.86. The Balaban J connectivity index is 2.06. The maximum absolute atomic E-state index is 11.7. The molecule has 0 radical (unpaired) electrons. The summed E-state index contributed by atoms with van der Waals surface area (Å²) in [6.45, 7) is 0. The van der Waals surface area contributed by atoms with Gasteiger partial charge >= 0.3 is 0 Å². The summed E-state index contributed by atoms with van der Waals surface area (Å²) in [7, 11) is 0. The standard InChI is InChI=1S/C16H12N2O3/c17-15(20)11-3-1-2-9(6-11)10-4-5-13-12(7-10)8-14(19)18-16(13)21/h1-7H,8H2,(H2,17,20)(H,18,19,21). The van der Waals surface area contributed by atoms with E-state index in [1.54, 1.807) is 36.4 Å². The average Bonchev–Trinajstić information content (AvgIpc) is 2.46. The van der Waals surface area contributed by atoms with Crippen molar-refractivity contribution in [2.75, 3.05) is 0 Å². The summed E-state index contributed by atoms with van der Waals surface area (Å²) in [6.07, 6.45) is 0.171. The van der Waals surface area contributed by atoms with Crippen LogP contribution in [0.5, 0.6) is 0 Å². The number of fused-ring (bicyclic) bond motifs is 1. The second-order valence-corrected chi connectivity index (χ2v) is 4.87. The zero-order chi connectivity index (χ0) is 15.0. The summed E-state index contributed by atoms with van der Waals surface area (Å²) >= 11 is 0. The molecular formula is C16H12N2O3. The molecule has 5 nitrogen and oxygen atoms in total. The summed E-state index contributed by atoms with van der Waals surface area (Å²) < 4.78 is 0. The lowest BCUT2D eigenvalue weighted by atomic mass is 9.94. The van der Waals surface area contributed by atoms with E-state index >= 15 is 0 Å². The Hall–Kier alpha value is -2.95. The Kier molecular flexibility index (Phi) is 3.02. The molecule has 2 aromatic carbocycles. The predicted octanol–water partition coefficient (Wildman–Crippen LogP) is 1.26. The minimum absolute atomic E-state index is 0.171. The van der Waals surface area contributed by atoms with E-state index in [0.29, 0.717) is 16.7 Å². The smallest absolute Gasteiger partial charge is 0.258 e. The summed E-state index contributed by atoms with van der Waals surface area (Å²) in [5, 5.41) is 2.28. The molecule has 3 amide bonds. The highest BCUT2D eigenvalue weighted by molar-refractivity contribution is 6.10. The molecule has 0 saturated carbocycles. The van der Waals surface area contributed by atoms with Gasteiger partial charge in [-0.2, -0.15) is 0 Å². The van der Waals surface area contributed by atoms with Gasteiger partial charge in [-0.05, 0) is 41.0 Å². The van der Waals surface area contributed by atoms with Gasteiger partial charge in [0, 0.05) is 11.1 Å². The molecule has 5 heteroatoms. The average molecular weight is 280 g/mol. The summed E-state index contributed by atoms with van der Waals surface area (Å²) in [5.41, 5.74) is 8.52. The Morgan fingerprint density at radius 1 is 1.05 bits per heavy atom. The number of imide groups is 1. The lowest BCUT2D eigenvalue weighted by molar-refractivity contribution is -0.119. The van der Waals surface area contributed by atoms with Crippen LogP contribution in [0.25, 0.3) is 11.1 Å². The molecule has 1 aliphatic rings. The molecule has 0 unspecified atom stereocenters. The Morgan fingerprint density at radius 3 is 2.57 bits per heavy atom. The molecule has 0 aliphatic carbocycles. The highest BCUT2D eigenvalue weighted by Crippen LogP contribution is 2.25. The molecule has 1 aliphatic heterocycles. The first kappa shape index (κ1) is 13.1. The molecule has 0 bridgehead atoms. The molecule has 3 N–H and O–H groups in total. The van der Waals surface area contributed by atoms with Crippen LogP contribution in [-0.2, 0) is 11.2 Å². The van der Waals surface area contributed by atoms with Gasteiger partial charge in [0.2, 0.25) is 11.8 Å². The van der Waals surface area contributed by atoms with Gasteiger partial charge in [-0.3, -0.25) is 19.7 Å². The normalized spacial score (nSPS) is 13.5. The van der Waals surface area contributed by atoms with E-state index in [1.165, 1.54) is 0 Å². The third kappa shape index (κ3) is 2.41. The molecule has 0 fully saturated rings. The molecule has 0 spiro atoms. The Morgan fingerprint density at radius 2 is 1.81 bits per heavy atom. The minimum atomic E-state index is -0.496. The van der Waals surface area contributed by atoms with Crippen LogP contribution in [0, 0.1) is 0 Å². The zero-order valence-electron chi connectivity index (χ0n) is 11.1. The number of amides is 3. The van der Waals surface area contributed by atoms with Crippen molar-refractivity contribution in [1.82, 2.24) is 5.32 Å². The molecular weight excluding hydrogens is 268 g/mol. The van der Waals surface area contributed by atoms with Gasteiger partial charge in [-0.15, -0.1) is 0 Å². The van der Waals surface area contributed by atoms with Crippen molar-refractivity contribution in [2.45, 2.75) is 6.42 Å². The summed E-state index contributed by atoms with van der Waals surface area (Å²) in [5.74, 6) is -1.18. The first-order valence-electron chi connectivity index (χ1n) is 6.42. The molecule has 21 heavy (non-hydrogen) atoms. The van der Waals surface area contributed by atoms with Crippen LogP contribution < -0.4 is 11.1 Å². The number of rotatable bonds is 2. The van der Waals surface area contributed by atoms with Gasteiger partial charge < -0.3 is 5.73 Å². The maximum Gasteiger partial charge on any atom is 0.258 e. The number of nitrogens with two attached hydrogens (primary N) is 1. The molecule has 0 saturated heterocycles. The van der Waals surface area contributed by atoms with Crippen molar-refractivity contribution in [3.8, 4) is 11.1 Å². The minimum Gasteiger partial charge on any atom is -0.366 e. The van der Waals surface area contributed by atoms with Crippen molar-refractivity contribution in [1.29, 1.82) is 0 Å². The van der Waals surface area contributed by atoms with Crippen LogP contribution in [0.15, 0.2) is 42.5 Å². The first-order valence-corrected chi connectivity index (χ1v) is 6.42. The molecule has 2 aromatic rings. The van der Waals surface area contributed by atoms with Crippen LogP contribution in [0.4, 0.5) is 0 Å². The molecule has 0 aromatic heterocycles. The first-order chi connectivity index (χ1) is 10.0. The van der Waals surface area contributed by atoms with Crippen LogP contribution in [0.2, 0.25) is 0 Å². The lowest BCUT2D eigenvalue weighted by Gasteiger charge is -2.16. The maximum atomic E-state index is 11.7. The van der Waals surface area contributed by atoms with E-state index in [4.69, 9.17) is 5.73 Å². The molecule has 104 valence electrons.